The van der Waals surface area contributed by atoms with Crippen LogP contribution in [0, 0.1) is 3.57 Å². The van der Waals surface area contributed by atoms with Crippen LogP contribution in [0.2, 0.25) is 0 Å². The van der Waals surface area contributed by atoms with Gasteiger partial charge < -0.3 is 15.8 Å². The molecule has 5 heteroatoms. The third-order valence-electron chi connectivity index (χ3n) is 2.49. The van der Waals surface area contributed by atoms with E-state index in [-0.39, 0.29) is 0 Å². The highest BCUT2D eigenvalue weighted by atomic mass is 123. The number of aromatic nitrogens is 1. The summed E-state index contributed by atoms with van der Waals surface area (Å²) in [4.78, 5) is 13.8. The van der Waals surface area contributed by atoms with Crippen molar-refractivity contribution >= 4 is 39.5 Å². The number of halogens is 1. The molecule has 4 nitrogen and oxygen atoms in total. The molecular weight excluding hydrogens is 315 g/mol. The van der Waals surface area contributed by atoms with Gasteiger partial charge in [0, 0.05) is 27.1 Å². The fraction of sp³-hybridized carbons (Fsp3) is 0.182. The zero-order valence-electron chi connectivity index (χ0n) is 8.40. The minimum atomic E-state index is -0.972. The average Bonchev–Trinajstić information content (AvgIpc) is 2.60. The van der Waals surface area contributed by atoms with Crippen molar-refractivity contribution in [3.8, 4) is 0 Å². The third-order valence-corrected chi connectivity index (χ3v) is 3.16. The van der Waals surface area contributed by atoms with Crippen LogP contribution in [0.3, 0.4) is 0 Å². The first-order valence-corrected chi connectivity index (χ1v) is 5.89. The molecule has 0 unspecified atom stereocenters. The highest BCUT2D eigenvalue weighted by Crippen LogP contribution is 2.21. The molecule has 0 spiro atoms. The largest absolute Gasteiger partial charge is 0.480 e. The second-order valence-electron chi connectivity index (χ2n) is 3.65. The van der Waals surface area contributed by atoms with Crippen LogP contribution >= 0.6 is 22.6 Å². The first kappa shape index (κ1) is 11.4. The predicted octanol–water partition coefficient (Wildman–Crippen LogP) is 1.73. The number of carboxylic acid groups (broad SMARTS) is 1. The molecule has 0 fully saturated rings. The molecule has 4 N–H and O–H groups in total. The van der Waals surface area contributed by atoms with Crippen LogP contribution in [0.4, 0.5) is 0 Å². The lowest BCUT2D eigenvalue weighted by molar-refractivity contribution is -0.138. The first-order chi connectivity index (χ1) is 7.58. The van der Waals surface area contributed by atoms with Crippen LogP contribution in [-0.4, -0.2) is 22.1 Å². The van der Waals surface area contributed by atoms with E-state index in [1.165, 1.54) is 0 Å². The fourth-order valence-corrected chi connectivity index (χ4v) is 2.14. The zero-order chi connectivity index (χ0) is 11.7. The van der Waals surface area contributed by atoms with E-state index < -0.39 is 12.0 Å². The average molecular weight is 326 g/mol. The summed E-state index contributed by atoms with van der Waals surface area (Å²) in [5.41, 5.74) is 7.47. The Hall–Kier alpha value is -1.08. The van der Waals surface area contributed by atoms with Gasteiger partial charge in [0.1, 0.15) is 6.04 Å². The summed E-state index contributed by atoms with van der Waals surface area (Å²) in [6, 6.07) is 5.15. The second-order valence-corrected chi connectivity index (χ2v) is 4.90. The van der Waals surface area contributed by atoms with Crippen LogP contribution < -0.4 is 5.73 Å². The van der Waals surface area contributed by atoms with Crippen LogP contribution in [0.15, 0.2) is 24.4 Å². The number of H-pyrrole nitrogens is 1. The number of aromatic amines is 1. The Kier molecular flexibility index (Phi) is 3.15. The summed E-state index contributed by atoms with van der Waals surface area (Å²) in [5.74, 6) is -0.972. The Morgan fingerprint density at radius 1 is 1.56 bits per heavy atom. The van der Waals surface area contributed by atoms with E-state index in [1.807, 2.05) is 24.4 Å². The Bertz CT molecular complexity index is 536. The van der Waals surface area contributed by atoms with Crippen molar-refractivity contribution in [2.24, 2.45) is 5.73 Å². The van der Waals surface area contributed by atoms with Gasteiger partial charge in [-0.15, -0.1) is 0 Å². The molecule has 1 atom stereocenters. The van der Waals surface area contributed by atoms with Gasteiger partial charge >= 0.3 is 5.97 Å². The second kappa shape index (κ2) is 4.42. The van der Waals surface area contributed by atoms with E-state index in [4.69, 9.17) is 10.8 Å². The topological polar surface area (TPSA) is 79.1 Å². The summed E-state index contributed by atoms with van der Waals surface area (Å²) in [5, 5.41) is 9.80. The Morgan fingerprint density at radius 3 is 3.00 bits per heavy atom. The molecule has 16 heavy (non-hydrogen) atoms. The molecule has 0 aliphatic carbocycles. The van der Waals surface area contributed by atoms with Gasteiger partial charge in [0.25, 0.3) is 0 Å². The number of hydrogen-bond donors (Lipinski definition) is 3. The van der Waals surface area contributed by atoms with Gasteiger partial charge in [0.15, 0.2) is 0 Å². The van der Waals surface area contributed by atoms with Gasteiger partial charge in [-0.05, 0) is 40.3 Å². The molecule has 2 rings (SSSR count). The van der Waals surface area contributed by atoms with E-state index in [2.05, 4.69) is 27.6 Å². The van der Waals surface area contributed by atoms with Gasteiger partial charge in [-0.1, -0.05) is 6.07 Å². The van der Waals surface area contributed by atoms with Crippen molar-refractivity contribution in [2.45, 2.75) is 12.5 Å². The van der Waals surface area contributed by atoms with Crippen molar-refractivity contribution in [3.05, 3.63) is 33.5 Å². The monoisotopic (exact) mass is 326 g/mol. The molecule has 0 bridgehead atoms. The lowest BCUT2D eigenvalue weighted by Crippen LogP contribution is -2.32. The normalized spacial score (nSPS) is 12.9. The SMILES string of the molecule is N[C@@H](Cc1c[nH]c2cc([123I])ccc12)C(=O)O. The van der Waals surface area contributed by atoms with E-state index in [1.54, 1.807) is 0 Å². The van der Waals surface area contributed by atoms with Gasteiger partial charge in [-0.2, -0.15) is 0 Å². The molecule has 1 aromatic heterocycles. The number of hydrogen-bond acceptors (Lipinski definition) is 2. The summed E-state index contributed by atoms with van der Waals surface area (Å²) >= 11 is 2.23. The smallest absolute Gasteiger partial charge is 0.320 e. The summed E-state index contributed by atoms with van der Waals surface area (Å²) in [6.07, 6.45) is 2.17. The van der Waals surface area contributed by atoms with Crippen LogP contribution in [0.1, 0.15) is 5.56 Å². The summed E-state index contributed by atoms with van der Waals surface area (Å²) < 4.78 is 1.14. The molecule has 2 aromatic rings. The quantitative estimate of drug-likeness (QED) is 0.752. The number of fused-ring (bicyclic) bond motifs is 1. The minimum Gasteiger partial charge on any atom is -0.480 e. The lowest BCUT2D eigenvalue weighted by atomic mass is 10.1. The highest BCUT2D eigenvalue weighted by Gasteiger charge is 2.14. The summed E-state index contributed by atoms with van der Waals surface area (Å²) in [7, 11) is 0. The first-order valence-electron chi connectivity index (χ1n) is 4.82. The molecule has 84 valence electrons. The van der Waals surface area contributed by atoms with Crippen molar-refractivity contribution in [1.82, 2.24) is 4.98 Å². The third kappa shape index (κ3) is 2.19. The molecule has 0 saturated carbocycles. The molecule has 1 heterocycles. The summed E-state index contributed by atoms with van der Waals surface area (Å²) in [6.45, 7) is 0. The maximum atomic E-state index is 10.7. The Balaban J connectivity index is 2.35. The van der Waals surface area contributed by atoms with Crippen molar-refractivity contribution in [2.75, 3.05) is 0 Å². The van der Waals surface area contributed by atoms with Crippen molar-refractivity contribution in [1.29, 1.82) is 0 Å². The molecule has 0 amide bonds. The van der Waals surface area contributed by atoms with E-state index in [9.17, 15) is 4.79 Å². The van der Waals surface area contributed by atoms with Crippen LogP contribution in [0.25, 0.3) is 10.9 Å². The minimum absolute atomic E-state index is 0.343. The molecule has 0 saturated heterocycles. The molecule has 1 aromatic carbocycles. The van der Waals surface area contributed by atoms with Gasteiger partial charge in [-0.25, -0.2) is 0 Å². The van der Waals surface area contributed by atoms with Gasteiger partial charge in [-0.3, -0.25) is 4.79 Å². The van der Waals surface area contributed by atoms with Crippen LogP contribution in [-0.2, 0) is 11.2 Å². The molecular formula is C11H11IN2O2. The molecule has 0 aliphatic heterocycles. The zero-order valence-corrected chi connectivity index (χ0v) is 10.6. The Labute approximate surface area is 106 Å². The number of nitrogens with one attached hydrogen (secondary N) is 1. The number of carboxylic acids is 1. The van der Waals surface area contributed by atoms with Gasteiger partial charge in [0.05, 0.1) is 0 Å². The molecule has 0 aliphatic rings. The number of carbonyl (C=O) groups is 1. The molecule has 0 radical (unpaired) electrons. The van der Waals surface area contributed by atoms with E-state index in [0.29, 0.717) is 6.42 Å². The lowest BCUT2D eigenvalue weighted by Gasteiger charge is -2.04. The number of benzene rings is 1. The highest BCUT2D eigenvalue weighted by molar-refractivity contribution is 14.1. The van der Waals surface area contributed by atoms with Crippen LogP contribution in [0.5, 0.6) is 0 Å². The maximum Gasteiger partial charge on any atom is 0.320 e. The number of nitrogens with two attached hydrogens (primary N) is 1. The van der Waals surface area contributed by atoms with E-state index >= 15 is 0 Å². The standard InChI is InChI=1S/C11H11IN2O2/c12-7-1-2-8-6(3-9(13)11(15)16)5-14-10(8)4-7/h1-2,4-5,9,14H,3,13H2,(H,15,16)/t9-/m0/s1/i12-4. The van der Waals surface area contributed by atoms with Crippen molar-refractivity contribution in [3.63, 3.8) is 0 Å². The Morgan fingerprint density at radius 2 is 2.31 bits per heavy atom. The number of aliphatic carboxylic acids is 1. The predicted molar refractivity (Wildman–Crippen MR) is 70.3 cm³/mol. The maximum absolute atomic E-state index is 10.7. The van der Waals surface area contributed by atoms with Crippen molar-refractivity contribution < 1.29 is 9.90 Å². The fourth-order valence-electron chi connectivity index (χ4n) is 1.65. The van der Waals surface area contributed by atoms with E-state index in [0.717, 1.165) is 20.0 Å². The van der Waals surface area contributed by atoms with Gasteiger partial charge in [0.2, 0.25) is 0 Å². The number of rotatable bonds is 3.